The van der Waals surface area contributed by atoms with Crippen LogP contribution in [0.25, 0.3) is 0 Å². The van der Waals surface area contributed by atoms with Crippen molar-refractivity contribution in [3.63, 3.8) is 0 Å². The van der Waals surface area contributed by atoms with E-state index in [-0.39, 0.29) is 0 Å². The largest absolute Gasteiger partial charge is 0.869 e. The number of aliphatic hydroxyl groups is 1. The van der Waals surface area contributed by atoms with Crippen LogP contribution in [-0.4, -0.2) is 16.7 Å². The minimum absolute atomic E-state index is 0.783. The molecule has 0 saturated carbocycles. The number of pyridine rings is 1. The van der Waals surface area contributed by atoms with E-state index in [0.29, 0.717) is 0 Å². The minimum atomic E-state index is -1.19. The van der Waals surface area contributed by atoms with Crippen LogP contribution in [0.15, 0.2) is 39.9 Å². The van der Waals surface area contributed by atoms with Crippen molar-refractivity contribution in [2.24, 2.45) is 0 Å². The van der Waals surface area contributed by atoms with Gasteiger partial charge in [0, 0.05) is 19.1 Å². The minimum Gasteiger partial charge on any atom is -0.869 e. The number of aromatic amines is 1. The van der Waals surface area contributed by atoms with Crippen LogP contribution in [-0.2, 0) is 9.59 Å². The van der Waals surface area contributed by atoms with E-state index in [9.17, 15) is 14.7 Å². The number of carbonyl (C=O) groups is 2. The van der Waals surface area contributed by atoms with Gasteiger partial charge in [-0.15, -0.1) is 0 Å². The molecular weight excluding hydrogens is 305 g/mol. The highest BCUT2D eigenvalue weighted by Crippen LogP contribution is 2.24. The Bertz CT molecular complexity index is 556. The van der Waals surface area contributed by atoms with Crippen LogP contribution >= 0.6 is 23.2 Å². The normalized spacial score (nSPS) is 15.2. The molecule has 0 atom stereocenters. The predicted octanol–water partition coefficient (Wildman–Crippen LogP) is 1.07. The molecule has 0 aromatic carbocycles. The van der Waals surface area contributed by atoms with Gasteiger partial charge in [-0.1, -0.05) is 23.2 Å². The molecule has 0 saturated heterocycles. The zero-order valence-corrected chi connectivity index (χ0v) is 12.2. The van der Waals surface area contributed by atoms with Crippen molar-refractivity contribution in [3.05, 3.63) is 51.2 Å². The molecule has 2 N–H and O–H groups in total. The van der Waals surface area contributed by atoms with Gasteiger partial charge in [-0.3, -0.25) is 9.59 Å². The highest BCUT2D eigenvalue weighted by Gasteiger charge is 2.28. The maximum absolute atomic E-state index is 10.8. The number of ketones is 2. The number of aryl methyl sites for hydroxylation is 2. The van der Waals surface area contributed by atoms with Crippen LogP contribution in [0.3, 0.4) is 0 Å². The van der Waals surface area contributed by atoms with E-state index in [1.165, 1.54) is 11.3 Å². The van der Waals surface area contributed by atoms with Crippen molar-refractivity contribution in [3.8, 4) is 0 Å². The van der Waals surface area contributed by atoms with Gasteiger partial charge in [0.25, 0.3) is 0 Å². The average molecular weight is 316 g/mol. The summed E-state index contributed by atoms with van der Waals surface area (Å²) in [7, 11) is 0. The number of aliphatic hydroxyl groups excluding tert-OH is 1. The van der Waals surface area contributed by atoms with Crippen LogP contribution in [0, 0.1) is 13.8 Å². The molecule has 1 aliphatic carbocycles. The maximum atomic E-state index is 10.8. The van der Waals surface area contributed by atoms with E-state index in [2.05, 4.69) is 18.0 Å². The summed E-state index contributed by atoms with van der Waals surface area (Å²) in [4.78, 5) is 24.6. The molecule has 0 amide bonds. The quantitative estimate of drug-likeness (QED) is 0.725. The number of aromatic nitrogens is 1. The van der Waals surface area contributed by atoms with E-state index in [1.807, 2.05) is 19.2 Å². The topological polar surface area (TPSA) is 91.6 Å². The van der Waals surface area contributed by atoms with Crippen LogP contribution < -0.4 is 10.1 Å². The smallest absolute Gasteiger partial charge is 0.239 e. The predicted molar refractivity (Wildman–Crippen MR) is 70.9 cm³/mol. The Morgan fingerprint density at radius 2 is 1.75 bits per heavy atom. The van der Waals surface area contributed by atoms with Gasteiger partial charge >= 0.3 is 0 Å². The standard InChI is InChI=1S/C7H9N.C6H2Cl2O4/c1-6-3-4-8-7(2)5-6;7-1-3(9)5(11)2(8)6(12)4(1)10/h3-5H,1-2H3;9,12H. The summed E-state index contributed by atoms with van der Waals surface area (Å²) in [6, 6.07) is 4.16. The number of rotatable bonds is 0. The fourth-order valence-corrected chi connectivity index (χ4v) is 1.70. The van der Waals surface area contributed by atoms with Gasteiger partial charge in [0.2, 0.25) is 5.78 Å². The Morgan fingerprint density at radius 1 is 1.15 bits per heavy atom. The fourth-order valence-electron chi connectivity index (χ4n) is 1.35. The van der Waals surface area contributed by atoms with Crippen LogP contribution in [0.1, 0.15) is 11.3 Å². The summed E-state index contributed by atoms with van der Waals surface area (Å²) in [5.74, 6) is -4.46. The number of H-pyrrole nitrogens is 1. The SMILES string of the molecule is Cc1cc[nH+]c(C)c1.O=C1C(O)=C(Cl)C(=O)C([O-])=C1Cl. The Hall–Kier alpha value is -1.85. The Labute approximate surface area is 125 Å². The molecular formula is C13H11Cl2NO4. The molecule has 1 aliphatic rings. The second kappa shape index (κ2) is 6.54. The third-order valence-electron chi connectivity index (χ3n) is 2.33. The number of carbonyl (C=O) groups excluding carboxylic acids is 2. The molecule has 7 heteroatoms. The molecule has 1 heterocycles. The number of Topliss-reactive ketones (excluding diaryl/α,β-unsaturated/α-hetero) is 2. The van der Waals surface area contributed by atoms with Crippen LogP contribution in [0.4, 0.5) is 0 Å². The second-order valence-electron chi connectivity index (χ2n) is 4.01. The monoisotopic (exact) mass is 315 g/mol. The first kappa shape index (κ1) is 16.2. The molecule has 1 aromatic rings. The molecule has 1 aromatic heterocycles. The van der Waals surface area contributed by atoms with Crippen LogP contribution in [0.2, 0.25) is 0 Å². The van der Waals surface area contributed by atoms with E-state index in [4.69, 9.17) is 28.3 Å². The highest BCUT2D eigenvalue weighted by molar-refractivity contribution is 6.55. The van der Waals surface area contributed by atoms with Crippen molar-refractivity contribution >= 4 is 34.8 Å². The number of halogens is 2. The van der Waals surface area contributed by atoms with Crippen LogP contribution in [0.5, 0.6) is 0 Å². The third kappa shape index (κ3) is 3.59. The first-order valence-electron chi connectivity index (χ1n) is 5.45. The zero-order chi connectivity index (χ0) is 15.4. The Balaban J connectivity index is 0.000000217. The van der Waals surface area contributed by atoms with Gasteiger partial charge in [-0.25, -0.2) is 4.98 Å². The maximum Gasteiger partial charge on any atom is 0.239 e. The summed E-state index contributed by atoms with van der Waals surface area (Å²) in [6.45, 7) is 4.13. The Morgan fingerprint density at radius 3 is 2.20 bits per heavy atom. The van der Waals surface area contributed by atoms with Gasteiger partial charge in [-0.05, 0) is 18.2 Å². The lowest BCUT2D eigenvalue weighted by Crippen LogP contribution is -2.26. The second-order valence-corrected chi connectivity index (χ2v) is 4.77. The van der Waals surface area contributed by atoms with Gasteiger partial charge in [-0.2, -0.15) is 0 Å². The highest BCUT2D eigenvalue weighted by atomic mass is 35.5. The molecule has 0 aliphatic heterocycles. The third-order valence-corrected chi connectivity index (χ3v) is 3.02. The van der Waals surface area contributed by atoms with Crippen molar-refractivity contribution in [1.29, 1.82) is 0 Å². The molecule has 0 unspecified atom stereocenters. The van der Waals surface area contributed by atoms with Crippen molar-refractivity contribution in [1.82, 2.24) is 0 Å². The fraction of sp³-hybridized carbons (Fsp3) is 0.154. The van der Waals surface area contributed by atoms with Gasteiger partial charge < -0.3 is 10.2 Å². The van der Waals surface area contributed by atoms with E-state index in [0.717, 1.165) is 0 Å². The van der Waals surface area contributed by atoms with Crippen molar-refractivity contribution in [2.75, 3.05) is 0 Å². The van der Waals surface area contributed by atoms with Crippen molar-refractivity contribution in [2.45, 2.75) is 13.8 Å². The summed E-state index contributed by atoms with van der Waals surface area (Å²) in [5, 5.41) is 17.9. The molecule has 0 bridgehead atoms. The summed E-state index contributed by atoms with van der Waals surface area (Å²) >= 11 is 10.3. The summed E-state index contributed by atoms with van der Waals surface area (Å²) < 4.78 is 0. The van der Waals surface area contributed by atoms with Crippen molar-refractivity contribution < 1.29 is 24.8 Å². The molecule has 106 valence electrons. The van der Waals surface area contributed by atoms with E-state index < -0.39 is 33.1 Å². The number of hydrogen-bond donors (Lipinski definition) is 1. The molecule has 20 heavy (non-hydrogen) atoms. The summed E-state index contributed by atoms with van der Waals surface area (Å²) in [6.07, 6.45) is 1.95. The van der Waals surface area contributed by atoms with E-state index in [1.54, 1.807) is 0 Å². The lowest BCUT2D eigenvalue weighted by Gasteiger charge is -2.17. The lowest BCUT2D eigenvalue weighted by atomic mass is 10.1. The van der Waals surface area contributed by atoms with E-state index >= 15 is 0 Å². The average Bonchev–Trinajstić information content (AvgIpc) is 2.41. The number of hydrogen-bond acceptors (Lipinski definition) is 4. The molecule has 2 rings (SSSR count). The molecule has 5 nitrogen and oxygen atoms in total. The zero-order valence-electron chi connectivity index (χ0n) is 10.7. The first-order chi connectivity index (χ1) is 9.25. The number of nitrogens with one attached hydrogen (secondary N) is 1. The van der Waals surface area contributed by atoms with Gasteiger partial charge in [0.05, 0.1) is 5.03 Å². The lowest BCUT2D eigenvalue weighted by molar-refractivity contribution is -0.387. The van der Waals surface area contributed by atoms with Gasteiger partial charge in [0.15, 0.2) is 23.4 Å². The Kier molecular flexibility index (Phi) is 5.30. The first-order valence-corrected chi connectivity index (χ1v) is 6.21. The summed E-state index contributed by atoms with van der Waals surface area (Å²) in [5.41, 5.74) is 2.52. The molecule has 0 radical (unpaired) electrons. The number of allylic oxidation sites excluding steroid dienone is 2. The molecule has 0 fully saturated rings. The van der Waals surface area contributed by atoms with Gasteiger partial charge in [0.1, 0.15) is 5.03 Å². The molecule has 0 spiro atoms.